The predicted molar refractivity (Wildman–Crippen MR) is 107 cm³/mol. The fraction of sp³-hybridized carbons (Fsp3) is 0.300. The Morgan fingerprint density at radius 1 is 1.19 bits per heavy atom. The largest absolute Gasteiger partial charge is 0.497 e. The molecule has 0 aliphatic rings. The SMILES string of the molecule is COc1ccc(CCCC(=O)NN=Cc2ccc(OC)c(Br)c2)c(C)c1. The van der Waals surface area contributed by atoms with Gasteiger partial charge in [-0.25, -0.2) is 5.43 Å². The van der Waals surface area contributed by atoms with E-state index in [1.807, 2.05) is 36.4 Å². The second-order valence-electron chi connectivity index (χ2n) is 5.83. The van der Waals surface area contributed by atoms with Crippen LogP contribution in [0.4, 0.5) is 0 Å². The number of nitrogens with zero attached hydrogens (tertiary/aromatic N) is 1. The quantitative estimate of drug-likeness (QED) is 0.514. The minimum absolute atomic E-state index is 0.0972. The zero-order valence-electron chi connectivity index (χ0n) is 15.2. The molecule has 0 aliphatic carbocycles. The fourth-order valence-corrected chi connectivity index (χ4v) is 3.07. The number of hydrogen-bond donors (Lipinski definition) is 1. The average Bonchev–Trinajstić information content (AvgIpc) is 2.63. The standard InChI is InChI=1S/C20H23BrN2O3/c1-14-11-17(25-2)9-8-16(14)5-4-6-20(24)23-22-13-15-7-10-19(26-3)18(21)12-15/h7-13H,4-6H2,1-3H3,(H,23,24). The van der Waals surface area contributed by atoms with Crippen LogP contribution in [0.1, 0.15) is 29.5 Å². The second kappa shape index (κ2) is 9.97. The molecule has 0 atom stereocenters. The molecule has 0 heterocycles. The van der Waals surface area contributed by atoms with Crippen molar-refractivity contribution >= 4 is 28.1 Å². The van der Waals surface area contributed by atoms with E-state index in [0.717, 1.165) is 34.4 Å². The Kier molecular flexibility index (Phi) is 7.66. The molecule has 0 fully saturated rings. The van der Waals surface area contributed by atoms with Crippen LogP contribution in [-0.2, 0) is 11.2 Å². The molecule has 0 saturated carbocycles. The first-order valence-corrected chi connectivity index (χ1v) is 9.11. The molecule has 6 heteroatoms. The summed E-state index contributed by atoms with van der Waals surface area (Å²) in [7, 11) is 3.27. The summed E-state index contributed by atoms with van der Waals surface area (Å²) in [5, 5.41) is 4.00. The number of nitrogens with one attached hydrogen (secondary N) is 1. The Balaban J connectivity index is 1.77. The van der Waals surface area contributed by atoms with Gasteiger partial charge in [0.1, 0.15) is 11.5 Å². The van der Waals surface area contributed by atoms with E-state index in [1.54, 1.807) is 20.4 Å². The van der Waals surface area contributed by atoms with Crippen LogP contribution in [0.25, 0.3) is 0 Å². The number of hydrazone groups is 1. The van der Waals surface area contributed by atoms with Crippen molar-refractivity contribution in [1.82, 2.24) is 5.43 Å². The molecule has 0 aromatic heterocycles. The highest BCUT2D eigenvalue weighted by Gasteiger charge is 2.04. The summed E-state index contributed by atoms with van der Waals surface area (Å²) in [6.07, 6.45) is 3.64. The van der Waals surface area contributed by atoms with E-state index < -0.39 is 0 Å². The minimum atomic E-state index is -0.0972. The lowest BCUT2D eigenvalue weighted by atomic mass is 10.0. The highest BCUT2D eigenvalue weighted by Crippen LogP contribution is 2.24. The lowest BCUT2D eigenvalue weighted by Crippen LogP contribution is -2.17. The Hall–Kier alpha value is -2.34. The van der Waals surface area contributed by atoms with Crippen LogP contribution in [0.2, 0.25) is 0 Å². The number of carbonyl (C=O) groups excluding carboxylic acids is 1. The van der Waals surface area contributed by atoms with Gasteiger partial charge in [0.25, 0.3) is 0 Å². The number of carbonyl (C=O) groups is 1. The number of rotatable bonds is 8. The maximum Gasteiger partial charge on any atom is 0.240 e. The predicted octanol–water partition coefficient (Wildman–Crippen LogP) is 4.25. The van der Waals surface area contributed by atoms with Crippen molar-refractivity contribution in [3.63, 3.8) is 0 Å². The van der Waals surface area contributed by atoms with E-state index in [1.165, 1.54) is 11.1 Å². The van der Waals surface area contributed by atoms with Gasteiger partial charge in [0, 0.05) is 6.42 Å². The van der Waals surface area contributed by atoms with E-state index in [-0.39, 0.29) is 5.91 Å². The molecule has 0 unspecified atom stereocenters. The lowest BCUT2D eigenvalue weighted by Gasteiger charge is -2.07. The normalized spacial score (nSPS) is 10.8. The number of amides is 1. The number of aryl methyl sites for hydroxylation is 2. The molecule has 1 N–H and O–H groups in total. The molecule has 0 bridgehead atoms. The summed E-state index contributed by atoms with van der Waals surface area (Å²) in [5.74, 6) is 1.50. The van der Waals surface area contributed by atoms with E-state index in [2.05, 4.69) is 33.4 Å². The smallest absolute Gasteiger partial charge is 0.240 e. The first-order valence-electron chi connectivity index (χ1n) is 8.32. The zero-order valence-corrected chi connectivity index (χ0v) is 16.8. The molecule has 26 heavy (non-hydrogen) atoms. The molecular formula is C20H23BrN2O3. The minimum Gasteiger partial charge on any atom is -0.497 e. The van der Waals surface area contributed by atoms with E-state index in [0.29, 0.717) is 6.42 Å². The second-order valence-corrected chi connectivity index (χ2v) is 6.69. The maximum absolute atomic E-state index is 11.9. The average molecular weight is 419 g/mol. The molecule has 138 valence electrons. The summed E-state index contributed by atoms with van der Waals surface area (Å²) in [6, 6.07) is 11.6. The summed E-state index contributed by atoms with van der Waals surface area (Å²) < 4.78 is 11.2. The van der Waals surface area contributed by atoms with Crippen molar-refractivity contribution in [3.05, 3.63) is 57.6 Å². The van der Waals surface area contributed by atoms with Crippen molar-refractivity contribution in [3.8, 4) is 11.5 Å². The Labute approximate surface area is 162 Å². The Morgan fingerprint density at radius 3 is 2.65 bits per heavy atom. The Morgan fingerprint density at radius 2 is 2.00 bits per heavy atom. The Bertz CT molecular complexity index is 791. The summed E-state index contributed by atoms with van der Waals surface area (Å²) >= 11 is 3.42. The molecule has 2 aromatic rings. The highest BCUT2D eigenvalue weighted by molar-refractivity contribution is 9.10. The topological polar surface area (TPSA) is 59.9 Å². The highest BCUT2D eigenvalue weighted by atomic mass is 79.9. The molecule has 2 rings (SSSR count). The van der Waals surface area contributed by atoms with E-state index in [4.69, 9.17) is 9.47 Å². The monoisotopic (exact) mass is 418 g/mol. The van der Waals surface area contributed by atoms with Crippen LogP contribution < -0.4 is 14.9 Å². The van der Waals surface area contributed by atoms with Gasteiger partial charge in [-0.3, -0.25) is 4.79 Å². The third kappa shape index (κ3) is 5.88. The van der Waals surface area contributed by atoms with E-state index >= 15 is 0 Å². The summed E-state index contributed by atoms with van der Waals surface area (Å²) in [4.78, 5) is 11.9. The number of benzene rings is 2. The number of halogens is 1. The molecule has 0 spiro atoms. The van der Waals surface area contributed by atoms with Gasteiger partial charge in [0.05, 0.1) is 24.9 Å². The van der Waals surface area contributed by atoms with Crippen molar-refractivity contribution in [1.29, 1.82) is 0 Å². The van der Waals surface area contributed by atoms with Crippen molar-refractivity contribution < 1.29 is 14.3 Å². The van der Waals surface area contributed by atoms with Crippen LogP contribution >= 0.6 is 15.9 Å². The van der Waals surface area contributed by atoms with E-state index in [9.17, 15) is 4.79 Å². The summed E-state index contributed by atoms with van der Waals surface area (Å²) in [5.41, 5.74) is 5.83. The molecule has 1 amide bonds. The van der Waals surface area contributed by atoms with Crippen molar-refractivity contribution in [2.24, 2.45) is 5.10 Å². The molecule has 2 aromatic carbocycles. The lowest BCUT2D eigenvalue weighted by molar-refractivity contribution is -0.121. The van der Waals surface area contributed by atoms with Crippen LogP contribution in [0.15, 0.2) is 46.0 Å². The first kappa shape index (κ1) is 20.0. The van der Waals surface area contributed by atoms with Gasteiger partial charge in [-0.2, -0.15) is 5.10 Å². The molecule has 0 aliphatic heterocycles. The van der Waals surface area contributed by atoms with Gasteiger partial charge in [-0.05, 0) is 82.7 Å². The van der Waals surface area contributed by atoms with Crippen molar-refractivity contribution in [2.75, 3.05) is 14.2 Å². The van der Waals surface area contributed by atoms with Crippen LogP contribution in [0, 0.1) is 6.92 Å². The molecule has 5 nitrogen and oxygen atoms in total. The number of methoxy groups -OCH3 is 2. The zero-order chi connectivity index (χ0) is 18.9. The fourth-order valence-electron chi connectivity index (χ4n) is 2.51. The molecule has 0 radical (unpaired) electrons. The van der Waals surface area contributed by atoms with Gasteiger partial charge >= 0.3 is 0 Å². The summed E-state index contributed by atoms with van der Waals surface area (Å²) in [6.45, 7) is 2.05. The third-order valence-corrected chi connectivity index (χ3v) is 4.60. The first-order chi connectivity index (χ1) is 12.5. The van der Waals surface area contributed by atoms with Gasteiger partial charge in [0.15, 0.2) is 0 Å². The van der Waals surface area contributed by atoms with Gasteiger partial charge in [-0.1, -0.05) is 6.07 Å². The van der Waals surface area contributed by atoms with Crippen LogP contribution in [0.3, 0.4) is 0 Å². The molecular weight excluding hydrogens is 396 g/mol. The maximum atomic E-state index is 11.9. The third-order valence-electron chi connectivity index (χ3n) is 3.98. The molecule has 0 saturated heterocycles. The van der Waals surface area contributed by atoms with Crippen LogP contribution in [-0.4, -0.2) is 26.3 Å². The number of ether oxygens (including phenoxy) is 2. The van der Waals surface area contributed by atoms with Gasteiger partial charge < -0.3 is 9.47 Å². The van der Waals surface area contributed by atoms with Crippen molar-refractivity contribution in [2.45, 2.75) is 26.2 Å². The van der Waals surface area contributed by atoms with Gasteiger partial charge in [0.2, 0.25) is 5.91 Å². The van der Waals surface area contributed by atoms with Gasteiger partial charge in [-0.15, -0.1) is 0 Å². The van der Waals surface area contributed by atoms with Crippen LogP contribution in [0.5, 0.6) is 11.5 Å². The number of hydrogen-bond acceptors (Lipinski definition) is 4.